The van der Waals surface area contributed by atoms with Gasteiger partial charge in [0.2, 0.25) is 0 Å². The topological polar surface area (TPSA) is 61.3 Å². The van der Waals surface area contributed by atoms with E-state index in [9.17, 15) is 4.79 Å². The third-order valence-corrected chi connectivity index (χ3v) is 4.66. The number of methoxy groups -OCH3 is 1. The van der Waals surface area contributed by atoms with E-state index in [-0.39, 0.29) is 12.2 Å². The van der Waals surface area contributed by atoms with Crippen molar-refractivity contribution in [2.24, 2.45) is 0 Å². The second-order valence-corrected chi connectivity index (χ2v) is 6.58. The van der Waals surface area contributed by atoms with Crippen LogP contribution in [0.25, 0.3) is 10.9 Å². The number of carbonyl (C=O) groups is 1. The Bertz CT molecular complexity index is 1130. The minimum absolute atomic E-state index is 0.0403. The molecule has 0 aliphatic heterocycles. The van der Waals surface area contributed by atoms with Crippen molar-refractivity contribution >= 4 is 16.7 Å². The van der Waals surface area contributed by atoms with Gasteiger partial charge in [-0.15, -0.1) is 0 Å². The van der Waals surface area contributed by atoms with Gasteiger partial charge < -0.3 is 9.47 Å². The molecule has 4 aromatic rings. The predicted octanol–water partition coefficient (Wildman–Crippen LogP) is 4.64. The number of fused-ring (bicyclic) bond motifs is 1. The van der Waals surface area contributed by atoms with Crippen molar-refractivity contribution in [3.05, 3.63) is 95.9 Å². The SMILES string of the molecule is COc1cc2c(CC(=O)c3ccccn3)ccnc2cc1OCc1ccccc1. The first kappa shape index (κ1) is 18.6. The molecule has 2 aromatic carbocycles. The second kappa shape index (κ2) is 8.52. The van der Waals surface area contributed by atoms with Gasteiger partial charge in [0.25, 0.3) is 0 Å². The van der Waals surface area contributed by atoms with Crippen LogP contribution in [0.15, 0.2) is 79.1 Å². The summed E-state index contributed by atoms with van der Waals surface area (Å²) < 4.78 is 11.5. The fraction of sp³-hybridized carbons (Fsp3) is 0.125. The van der Waals surface area contributed by atoms with Gasteiger partial charge in [0.15, 0.2) is 17.3 Å². The van der Waals surface area contributed by atoms with Gasteiger partial charge in [0, 0.05) is 30.3 Å². The summed E-state index contributed by atoms with van der Waals surface area (Å²) in [7, 11) is 1.60. The number of ketones is 1. The van der Waals surface area contributed by atoms with E-state index in [0.29, 0.717) is 23.8 Å². The van der Waals surface area contributed by atoms with Crippen LogP contribution in [0.5, 0.6) is 11.5 Å². The number of carbonyl (C=O) groups excluding carboxylic acids is 1. The average molecular weight is 384 g/mol. The molecule has 2 heterocycles. The van der Waals surface area contributed by atoms with Crippen LogP contribution in [-0.4, -0.2) is 22.9 Å². The molecule has 0 unspecified atom stereocenters. The summed E-state index contributed by atoms with van der Waals surface area (Å²) in [6.45, 7) is 0.431. The summed E-state index contributed by atoms with van der Waals surface area (Å²) in [6.07, 6.45) is 3.57. The van der Waals surface area contributed by atoms with Gasteiger partial charge in [-0.3, -0.25) is 14.8 Å². The van der Waals surface area contributed by atoms with E-state index in [2.05, 4.69) is 9.97 Å². The predicted molar refractivity (Wildman–Crippen MR) is 111 cm³/mol. The maximum atomic E-state index is 12.6. The number of hydrogen-bond acceptors (Lipinski definition) is 5. The lowest BCUT2D eigenvalue weighted by Crippen LogP contribution is -2.06. The van der Waals surface area contributed by atoms with Gasteiger partial charge in [-0.05, 0) is 35.4 Å². The van der Waals surface area contributed by atoms with Crippen LogP contribution in [0.1, 0.15) is 21.6 Å². The van der Waals surface area contributed by atoms with Crippen LogP contribution in [-0.2, 0) is 13.0 Å². The van der Waals surface area contributed by atoms with Gasteiger partial charge in [-0.25, -0.2) is 0 Å². The van der Waals surface area contributed by atoms with Crippen molar-refractivity contribution in [1.82, 2.24) is 9.97 Å². The van der Waals surface area contributed by atoms with Crippen molar-refractivity contribution in [3.8, 4) is 11.5 Å². The molecular weight excluding hydrogens is 364 g/mol. The molecule has 29 heavy (non-hydrogen) atoms. The van der Waals surface area contributed by atoms with Crippen molar-refractivity contribution in [3.63, 3.8) is 0 Å². The monoisotopic (exact) mass is 384 g/mol. The first-order valence-electron chi connectivity index (χ1n) is 9.31. The van der Waals surface area contributed by atoms with Gasteiger partial charge in [-0.2, -0.15) is 0 Å². The molecule has 0 saturated carbocycles. The summed E-state index contributed by atoms with van der Waals surface area (Å²) in [5.41, 5.74) is 3.14. The molecule has 5 heteroatoms. The Kier molecular flexibility index (Phi) is 5.47. The summed E-state index contributed by atoms with van der Waals surface area (Å²) >= 11 is 0. The Morgan fingerprint density at radius 2 is 1.72 bits per heavy atom. The smallest absolute Gasteiger partial charge is 0.185 e. The largest absolute Gasteiger partial charge is 0.493 e. The Morgan fingerprint density at radius 3 is 2.48 bits per heavy atom. The second-order valence-electron chi connectivity index (χ2n) is 6.58. The molecule has 0 aliphatic carbocycles. The summed E-state index contributed by atoms with van der Waals surface area (Å²) in [4.78, 5) is 21.2. The molecule has 0 bridgehead atoms. The van der Waals surface area contributed by atoms with Crippen molar-refractivity contribution in [2.75, 3.05) is 7.11 Å². The third kappa shape index (κ3) is 4.24. The number of nitrogens with zero attached hydrogens (tertiary/aromatic N) is 2. The molecule has 0 saturated heterocycles. The molecule has 0 amide bonds. The molecule has 0 atom stereocenters. The highest BCUT2D eigenvalue weighted by Crippen LogP contribution is 2.33. The minimum Gasteiger partial charge on any atom is -0.493 e. The Labute approximate surface area is 169 Å². The number of hydrogen-bond donors (Lipinski definition) is 0. The van der Waals surface area contributed by atoms with Crippen LogP contribution in [0.2, 0.25) is 0 Å². The maximum Gasteiger partial charge on any atom is 0.185 e. The highest BCUT2D eigenvalue weighted by Gasteiger charge is 2.14. The molecule has 144 valence electrons. The highest BCUT2D eigenvalue weighted by molar-refractivity contribution is 5.98. The van der Waals surface area contributed by atoms with E-state index >= 15 is 0 Å². The molecular formula is C24H20N2O3. The number of Topliss-reactive ketones (excluding diaryl/α,β-unsaturated/α-hetero) is 1. The highest BCUT2D eigenvalue weighted by atomic mass is 16.5. The average Bonchev–Trinajstić information content (AvgIpc) is 2.78. The molecule has 0 spiro atoms. The van der Waals surface area contributed by atoms with E-state index in [1.807, 2.05) is 54.6 Å². The van der Waals surface area contributed by atoms with E-state index in [1.54, 1.807) is 31.6 Å². The first-order chi connectivity index (χ1) is 14.2. The number of aromatic nitrogens is 2. The lowest BCUT2D eigenvalue weighted by atomic mass is 10.0. The first-order valence-corrected chi connectivity index (χ1v) is 9.31. The third-order valence-electron chi connectivity index (χ3n) is 4.66. The molecule has 0 fully saturated rings. The molecule has 0 N–H and O–H groups in total. The van der Waals surface area contributed by atoms with Gasteiger partial charge >= 0.3 is 0 Å². The Morgan fingerprint density at radius 1 is 0.897 bits per heavy atom. The Hall–Kier alpha value is -3.73. The number of pyridine rings is 2. The van der Waals surface area contributed by atoms with Crippen LogP contribution < -0.4 is 9.47 Å². The quantitative estimate of drug-likeness (QED) is 0.434. The summed E-state index contributed by atoms with van der Waals surface area (Å²) in [5, 5.41) is 0.862. The molecule has 0 aliphatic rings. The van der Waals surface area contributed by atoms with Gasteiger partial charge in [-0.1, -0.05) is 36.4 Å². The lowest BCUT2D eigenvalue weighted by Gasteiger charge is -2.13. The maximum absolute atomic E-state index is 12.6. The minimum atomic E-state index is -0.0403. The van der Waals surface area contributed by atoms with Crippen molar-refractivity contribution < 1.29 is 14.3 Å². The van der Waals surface area contributed by atoms with Crippen LogP contribution in [0.3, 0.4) is 0 Å². The van der Waals surface area contributed by atoms with Gasteiger partial charge in [0.1, 0.15) is 12.3 Å². The zero-order valence-corrected chi connectivity index (χ0v) is 16.0. The zero-order valence-electron chi connectivity index (χ0n) is 16.0. The fourth-order valence-corrected chi connectivity index (χ4v) is 3.16. The van der Waals surface area contributed by atoms with E-state index in [0.717, 1.165) is 22.0 Å². The fourth-order valence-electron chi connectivity index (χ4n) is 3.16. The van der Waals surface area contributed by atoms with E-state index < -0.39 is 0 Å². The molecule has 2 aromatic heterocycles. The van der Waals surface area contributed by atoms with Gasteiger partial charge in [0.05, 0.1) is 12.6 Å². The number of benzene rings is 2. The summed E-state index contributed by atoms with van der Waals surface area (Å²) in [6, 6.07) is 20.8. The van der Waals surface area contributed by atoms with E-state index in [1.165, 1.54) is 0 Å². The molecule has 5 nitrogen and oxygen atoms in total. The molecule has 4 rings (SSSR count). The summed E-state index contributed by atoms with van der Waals surface area (Å²) in [5.74, 6) is 1.18. The van der Waals surface area contributed by atoms with Crippen molar-refractivity contribution in [1.29, 1.82) is 0 Å². The van der Waals surface area contributed by atoms with Crippen LogP contribution >= 0.6 is 0 Å². The lowest BCUT2D eigenvalue weighted by molar-refractivity contribution is 0.0988. The molecule has 0 radical (unpaired) electrons. The van der Waals surface area contributed by atoms with Crippen LogP contribution in [0.4, 0.5) is 0 Å². The zero-order chi connectivity index (χ0) is 20.1. The Balaban J connectivity index is 1.63. The number of rotatable bonds is 7. The van der Waals surface area contributed by atoms with E-state index in [4.69, 9.17) is 9.47 Å². The normalized spacial score (nSPS) is 10.7. The van der Waals surface area contributed by atoms with Crippen molar-refractivity contribution in [2.45, 2.75) is 13.0 Å². The number of ether oxygens (including phenoxy) is 2. The standard InChI is InChI=1S/C24H20N2O3/c1-28-23-14-19-18(13-22(27)20-9-5-6-11-25-20)10-12-26-21(19)15-24(23)29-16-17-7-3-2-4-8-17/h2-12,14-15H,13,16H2,1H3. The van der Waals surface area contributed by atoms with Crippen LogP contribution in [0, 0.1) is 0 Å².